The van der Waals surface area contributed by atoms with Gasteiger partial charge in [0, 0.05) is 12.0 Å². The average Bonchev–Trinajstić information content (AvgIpc) is 2.11. The van der Waals surface area contributed by atoms with Crippen molar-refractivity contribution < 1.29 is 9.53 Å². The molecule has 0 aromatic heterocycles. The second-order valence-electron chi connectivity index (χ2n) is 3.77. The standard InChI is InChI=1S/C12H15ClO2/c1-8(2)15-12-10(4-5-14)6-9(3)7-11(12)13/h5-8H,4H2,1-3H3. The topological polar surface area (TPSA) is 26.3 Å². The molecule has 1 aromatic carbocycles. The van der Waals surface area contributed by atoms with Gasteiger partial charge in [-0.25, -0.2) is 0 Å². The first kappa shape index (κ1) is 12.1. The van der Waals surface area contributed by atoms with Crippen LogP contribution in [0.4, 0.5) is 0 Å². The molecule has 2 nitrogen and oxygen atoms in total. The van der Waals surface area contributed by atoms with Gasteiger partial charge in [-0.1, -0.05) is 17.7 Å². The Kier molecular flexibility index (Phi) is 4.15. The summed E-state index contributed by atoms with van der Waals surface area (Å²) in [5.74, 6) is 0.629. The van der Waals surface area contributed by atoms with Crippen molar-refractivity contribution in [2.45, 2.75) is 33.3 Å². The van der Waals surface area contributed by atoms with Gasteiger partial charge in [0.1, 0.15) is 12.0 Å². The minimum Gasteiger partial charge on any atom is -0.489 e. The van der Waals surface area contributed by atoms with Crippen molar-refractivity contribution in [3.63, 3.8) is 0 Å². The number of aryl methyl sites for hydroxylation is 1. The van der Waals surface area contributed by atoms with E-state index < -0.39 is 0 Å². The first-order chi connectivity index (χ1) is 7.04. The third kappa shape index (κ3) is 3.24. The zero-order chi connectivity index (χ0) is 11.4. The first-order valence-electron chi connectivity index (χ1n) is 4.94. The molecular weight excluding hydrogens is 212 g/mol. The number of carbonyl (C=O) groups is 1. The van der Waals surface area contributed by atoms with Crippen LogP contribution in [0.1, 0.15) is 25.0 Å². The van der Waals surface area contributed by atoms with Crippen LogP contribution < -0.4 is 4.74 Å². The van der Waals surface area contributed by atoms with Crippen LogP contribution in [0, 0.1) is 6.92 Å². The Balaban J connectivity index is 3.13. The van der Waals surface area contributed by atoms with E-state index >= 15 is 0 Å². The van der Waals surface area contributed by atoms with E-state index in [1.807, 2.05) is 32.9 Å². The Morgan fingerprint density at radius 1 is 1.47 bits per heavy atom. The number of ether oxygens (including phenoxy) is 1. The second-order valence-corrected chi connectivity index (χ2v) is 4.18. The quantitative estimate of drug-likeness (QED) is 0.738. The maximum absolute atomic E-state index is 10.5. The van der Waals surface area contributed by atoms with Crippen LogP contribution in [0.25, 0.3) is 0 Å². The van der Waals surface area contributed by atoms with Gasteiger partial charge >= 0.3 is 0 Å². The Morgan fingerprint density at radius 2 is 2.13 bits per heavy atom. The van der Waals surface area contributed by atoms with Gasteiger partial charge in [0.2, 0.25) is 0 Å². The summed E-state index contributed by atoms with van der Waals surface area (Å²) in [6.07, 6.45) is 1.25. The lowest BCUT2D eigenvalue weighted by Crippen LogP contribution is -2.08. The van der Waals surface area contributed by atoms with Crippen LogP contribution in [-0.2, 0) is 11.2 Å². The highest BCUT2D eigenvalue weighted by atomic mass is 35.5. The molecular formula is C12H15ClO2. The fraction of sp³-hybridized carbons (Fsp3) is 0.417. The van der Waals surface area contributed by atoms with Crippen molar-refractivity contribution in [2.24, 2.45) is 0 Å². The lowest BCUT2D eigenvalue weighted by atomic mass is 10.1. The van der Waals surface area contributed by atoms with Gasteiger partial charge in [0.05, 0.1) is 11.1 Å². The maximum Gasteiger partial charge on any atom is 0.141 e. The molecule has 0 heterocycles. The second kappa shape index (κ2) is 5.17. The molecule has 0 aliphatic heterocycles. The highest BCUT2D eigenvalue weighted by Gasteiger charge is 2.10. The van der Waals surface area contributed by atoms with Crippen LogP contribution >= 0.6 is 11.6 Å². The normalized spacial score (nSPS) is 10.5. The van der Waals surface area contributed by atoms with Gasteiger partial charge in [0.15, 0.2) is 0 Å². The third-order valence-electron chi connectivity index (χ3n) is 1.92. The maximum atomic E-state index is 10.5. The largest absolute Gasteiger partial charge is 0.489 e. The number of benzene rings is 1. The SMILES string of the molecule is Cc1cc(Cl)c(OC(C)C)c(CC=O)c1. The van der Waals surface area contributed by atoms with Crippen LogP contribution in [0.15, 0.2) is 12.1 Å². The van der Waals surface area contributed by atoms with E-state index in [2.05, 4.69) is 0 Å². The fourth-order valence-corrected chi connectivity index (χ4v) is 1.75. The Labute approximate surface area is 95.2 Å². The molecule has 0 amide bonds. The van der Waals surface area contributed by atoms with Gasteiger partial charge < -0.3 is 9.53 Å². The lowest BCUT2D eigenvalue weighted by Gasteiger charge is -2.15. The van der Waals surface area contributed by atoms with Crippen molar-refractivity contribution in [3.8, 4) is 5.75 Å². The summed E-state index contributed by atoms with van der Waals surface area (Å²) < 4.78 is 5.59. The molecule has 3 heteroatoms. The number of hydrogen-bond donors (Lipinski definition) is 0. The molecule has 82 valence electrons. The molecule has 0 atom stereocenters. The van der Waals surface area contributed by atoms with Crippen molar-refractivity contribution in [1.82, 2.24) is 0 Å². The number of hydrogen-bond acceptors (Lipinski definition) is 2. The zero-order valence-electron chi connectivity index (χ0n) is 9.21. The van der Waals surface area contributed by atoms with Crippen LogP contribution in [0.2, 0.25) is 5.02 Å². The van der Waals surface area contributed by atoms with Crippen molar-refractivity contribution in [3.05, 3.63) is 28.3 Å². The van der Waals surface area contributed by atoms with Crippen LogP contribution in [0.5, 0.6) is 5.75 Å². The summed E-state index contributed by atoms with van der Waals surface area (Å²) in [6.45, 7) is 5.81. The minimum atomic E-state index is 0.0515. The molecule has 0 bridgehead atoms. The van der Waals surface area contributed by atoms with Crippen molar-refractivity contribution >= 4 is 17.9 Å². The van der Waals surface area contributed by atoms with Gasteiger partial charge in [-0.05, 0) is 32.4 Å². The summed E-state index contributed by atoms with van der Waals surface area (Å²) in [5, 5.41) is 0.570. The molecule has 1 aromatic rings. The molecule has 1 rings (SSSR count). The van der Waals surface area contributed by atoms with E-state index in [1.54, 1.807) is 0 Å². The van der Waals surface area contributed by atoms with E-state index in [9.17, 15) is 4.79 Å². The Hall–Kier alpha value is -1.02. The molecule has 0 aliphatic carbocycles. The Bertz CT molecular complexity index is 359. The van der Waals surface area contributed by atoms with Crippen molar-refractivity contribution in [1.29, 1.82) is 0 Å². The summed E-state index contributed by atoms with van der Waals surface area (Å²) in [6, 6.07) is 3.77. The van der Waals surface area contributed by atoms with E-state index in [-0.39, 0.29) is 6.10 Å². The number of carbonyl (C=O) groups excluding carboxylic acids is 1. The summed E-state index contributed by atoms with van der Waals surface area (Å²) >= 11 is 6.07. The van der Waals surface area contributed by atoms with Crippen LogP contribution in [0.3, 0.4) is 0 Å². The number of aldehydes is 1. The lowest BCUT2D eigenvalue weighted by molar-refractivity contribution is -0.107. The first-order valence-corrected chi connectivity index (χ1v) is 5.31. The molecule has 0 unspecified atom stereocenters. The molecule has 0 spiro atoms. The van der Waals surface area contributed by atoms with E-state index in [0.717, 1.165) is 17.4 Å². The van der Waals surface area contributed by atoms with Gasteiger partial charge in [-0.2, -0.15) is 0 Å². The molecule has 0 aliphatic rings. The average molecular weight is 227 g/mol. The third-order valence-corrected chi connectivity index (χ3v) is 2.20. The van der Waals surface area contributed by atoms with Gasteiger partial charge in [0.25, 0.3) is 0 Å². The summed E-state index contributed by atoms with van der Waals surface area (Å²) in [7, 11) is 0. The molecule has 0 saturated heterocycles. The summed E-state index contributed by atoms with van der Waals surface area (Å²) in [4.78, 5) is 10.5. The smallest absolute Gasteiger partial charge is 0.141 e. The van der Waals surface area contributed by atoms with E-state index in [0.29, 0.717) is 17.2 Å². The predicted octanol–water partition coefficient (Wildman–Crippen LogP) is 3.18. The molecule has 0 fully saturated rings. The van der Waals surface area contributed by atoms with Crippen molar-refractivity contribution in [2.75, 3.05) is 0 Å². The molecule has 15 heavy (non-hydrogen) atoms. The fourth-order valence-electron chi connectivity index (χ4n) is 1.41. The summed E-state index contributed by atoms with van der Waals surface area (Å²) in [5.41, 5.74) is 1.89. The van der Waals surface area contributed by atoms with Gasteiger partial charge in [-0.15, -0.1) is 0 Å². The zero-order valence-corrected chi connectivity index (χ0v) is 9.97. The van der Waals surface area contributed by atoms with Gasteiger partial charge in [-0.3, -0.25) is 0 Å². The number of rotatable bonds is 4. The minimum absolute atomic E-state index is 0.0515. The Morgan fingerprint density at radius 3 is 2.67 bits per heavy atom. The highest BCUT2D eigenvalue weighted by molar-refractivity contribution is 6.32. The van der Waals surface area contributed by atoms with E-state index in [4.69, 9.17) is 16.3 Å². The molecule has 0 radical (unpaired) electrons. The molecule has 0 saturated carbocycles. The predicted molar refractivity (Wildman–Crippen MR) is 61.7 cm³/mol. The monoisotopic (exact) mass is 226 g/mol. The van der Waals surface area contributed by atoms with Crippen LogP contribution in [-0.4, -0.2) is 12.4 Å². The van der Waals surface area contributed by atoms with E-state index in [1.165, 1.54) is 0 Å². The highest BCUT2D eigenvalue weighted by Crippen LogP contribution is 2.31. The molecule has 0 N–H and O–H groups in total. The number of halogens is 1.